The number of carbonyl (C=O) groups excluding carboxylic acids is 5. The van der Waals surface area contributed by atoms with Gasteiger partial charge in [0.1, 0.15) is 41.7 Å². The van der Waals surface area contributed by atoms with Gasteiger partial charge >= 0.3 is 6.09 Å². The van der Waals surface area contributed by atoms with Crippen LogP contribution in [0.3, 0.4) is 0 Å². The number of aliphatic hydroxyl groups excluding tert-OH is 2. The number of phenolic OH excluding ortho intramolecular Hbond substituents is 2. The van der Waals surface area contributed by atoms with Gasteiger partial charge in [0.2, 0.25) is 11.7 Å². The number of benzene rings is 3. The molecule has 7 N–H and O–H groups in total. The first-order valence-electron chi connectivity index (χ1n) is 20.3. The molecule has 21 heteroatoms. The summed E-state index contributed by atoms with van der Waals surface area (Å²) in [5, 5.41) is 73.2. The normalized spacial score (nSPS) is 22.5. The summed E-state index contributed by atoms with van der Waals surface area (Å²) in [6, 6.07) is 5.36. The number of Topliss-reactive ketones (excluding diaryl/α,β-unsaturated/α-hetero) is 1. The zero-order chi connectivity index (χ0) is 47.5. The van der Waals surface area contributed by atoms with Crippen molar-refractivity contribution in [1.82, 2.24) is 10.6 Å². The molecule has 2 aliphatic carbocycles. The molecule has 3 aromatic carbocycles. The summed E-state index contributed by atoms with van der Waals surface area (Å²) in [4.78, 5) is 77.5. The van der Waals surface area contributed by atoms with Crippen LogP contribution in [0.25, 0.3) is 0 Å². The number of nitro groups is 1. The predicted octanol–water partition coefficient (Wildman–Crippen LogP) is 2.36. The van der Waals surface area contributed by atoms with Gasteiger partial charge in [-0.05, 0) is 32.4 Å². The van der Waals surface area contributed by atoms with Crippen molar-refractivity contribution < 1.29 is 82.8 Å². The number of terminal acetylenes is 1. The van der Waals surface area contributed by atoms with E-state index in [1.807, 2.05) is 0 Å². The standard InChI is InChI=1S/C44H47N3O18/c1-6-12-45-32(50)11-8-13-62-29-16-26(47(58)59)23(14-28(29)61-5)20(2)64-43(56)46-25-15-33(63-21(3)38(25)51)65-30-18-44(57,31(49)19-48)17-24-35(30)42(55)37-36(40(24)53)39(52)22-9-7-10-27(60-4)34(22)41(37)54/h1,7,9-10,14,16,20-21,25,30,33,38,48,51,53,55,57H,8,11-13,15,17-19H2,2-5H3,(H,45,50)(H,46,56)/t20?,21-,25?,30?,33-,38+,44-/m1/s1. The van der Waals surface area contributed by atoms with Crippen LogP contribution >= 0.6 is 0 Å². The molecule has 65 heavy (non-hydrogen) atoms. The van der Waals surface area contributed by atoms with E-state index in [1.54, 1.807) is 0 Å². The Morgan fingerprint density at radius 3 is 2.43 bits per heavy atom. The molecule has 21 nitrogen and oxygen atoms in total. The van der Waals surface area contributed by atoms with Crippen LogP contribution in [0.4, 0.5) is 10.5 Å². The number of nitrogens with one attached hydrogen (secondary N) is 2. The molecule has 3 unspecified atom stereocenters. The maximum atomic E-state index is 14.0. The van der Waals surface area contributed by atoms with Crippen molar-refractivity contribution in [2.24, 2.45) is 0 Å². The first kappa shape index (κ1) is 47.6. The maximum absolute atomic E-state index is 14.0. The predicted molar refractivity (Wildman–Crippen MR) is 222 cm³/mol. The van der Waals surface area contributed by atoms with E-state index in [0.717, 1.165) is 6.07 Å². The van der Waals surface area contributed by atoms with Gasteiger partial charge in [-0.15, -0.1) is 6.42 Å². The highest BCUT2D eigenvalue weighted by Crippen LogP contribution is 2.52. The molecule has 346 valence electrons. The molecule has 3 aromatic rings. The number of nitro benzene ring substituents is 1. The highest BCUT2D eigenvalue weighted by Gasteiger charge is 2.50. The Kier molecular flexibility index (Phi) is 14.3. The number of aromatic hydroxyl groups is 2. The molecule has 1 aliphatic heterocycles. The summed E-state index contributed by atoms with van der Waals surface area (Å²) in [5.41, 5.74) is -5.08. The quantitative estimate of drug-likeness (QED) is 0.0279. The number of hydrogen-bond donors (Lipinski definition) is 7. The molecule has 6 rings (SSSR count). The van der Waals surface area contributed by atoms with Gasteiger partial charge in [-0.2, -0.15) is 0 Å². The second kappa shape index (κ2) is 19.5. The lowest BCUT2D eigenvalue weighted by atomic mass is 9.72. The third kappa shape index (κ3) is 9.38. The van der Waals surface area contributed by atoms with Crippen LogP contribution in [0.5, 0.6) is 28.7 Å². The minimum atomic E-state index is -2.43. The first-order valence-corrected chi connectivity index (χ1v) is 20.3. The molecule has 1 heterocycles. The summed E-state index contributed by atoms with van der Waals surface area (Å²) >= 11 is 0. The SMILES string of the molecule is C#CCNC(=O)CCCOc1cc([N+](=O)[O-])c(C(C)OC(=O)NC2C[C@@H](OC3C[C@@](O)(C(=O)CO)Cc4c(O)c5c(c(O)c43)C(=O)c3c(OC)cccc3C5=O)O[C@H](C)[C@@H]2O)cc1OC. The highest BCUT2D eigenvalue weighted by molar-refractivity contribution is 6.31. The lowest BCUT2D eigenvalue weighted by Crippen LogP contribution is -2.56. The summed E-state index contributed by atoms with van der Waals surface area (Å²) in [6.45, 7) is 1.71. The number of fused-ring (bicyclic) bond motifs is 3. The van der Waals surface area contributed by atoms with Crippen molar-refractivity contribution in [3.8, 4) is 41.1 Å². The second-order valence-electron chi connectivity index (χ2n) is 15.5. The van der Waals surface area contributed by atoms with Crippen LogP contribution in [0.2, 0.25) is 0 Å². The third-order valence-electron chi connectivity index (χ3n) is 11.5. The molecule has 2 amide bonds. The van der Waals surface area contributed by atoms with Gasteiger partial charge in [-0.3, -0.25) is 29.3 Å². The minimum Gasteiger partial charge on any atom is -0.507 e. The maximum Gasteiger partial charge on any atom is 0.408 e. The topological polar surface area (TPSA) is 309 Å². The fraction of sp³-hybridized carbons (Fsp3) is 0.432. The molecule has 0 saturated carbocycles. The van der Waals surface area contributed by atoms with E-state index < -0.39 is 118 Å². The van der Waals surface area contributed by atoms with Crippen LogP contribution in [0.1, 0.15) is 100 Å². The highest BCUT2D eigenvalue weighted by atomic mass is 16.7. The fourth-order valence-corrected chi connectivity index (χ4v) is 8.24. The van der Waals surface area contributed by atoms with Gasteiger partial charge in [-0.1, -0.05) is 18.1 Å². The Hall–Kier alpha value is -6.83. The van der Waals surface area contributed by atoms with Crippen molar-refractivity contribution in [3.63, 3.8) is 0 Å². The molecule has 0 radical (unpaired) electrons. The van der Waals surface area contributed by atoms with Crippen molar-refractivity contribution >= 4 is 35.0 Å². The average molecular weight is 906 g/mol. The number of ketones is 3. The molecule has 3 aliphatic rings. The minimum absolute atomic E-state index is 0.00673. The molecule has 0 bridgehead atoms. The number of alkyl carbamates (subject to hydrolysis) is 1. The number of ether oxygens (including phenoxy) is 6. The largest absolute Gasteiger partial charge is 0.507 e. The van der Waals surface area contributed by atoms with Crippen LogP contribution in [-0.4, -0.2) is 124 Å². The molecule has 0 aromatic heterocycles. The number of carbonyl (C=O) groups is 5. The number of nitrogens with zero attached hydrogens (tertiary/aromatic N) is 1. The lowest BCUT2D eigenvalue weighted by Gasteiger charge is -2.42. The van der Waals surface area contributed by atoms with Crippen molar-refractivity contribution in [1.29, 1.82) is 0 Å². The Morgan fingerprint density at radius 1 is 1.06 bits per heavy atom. The van der Waals surface area contributed by atoms with Gasteiger partial charge in [-0.25, -0.2) is 4.79 Å². The van der Waals surface area contributed by atoms with Gasteiger partial charge in [0, 0.05) is 42.4 Å². The Morgan fingerprint density at radius 2 is 1.77 bits per heavy atom. The number of hydrogen-bond acceptors (Lipinski definition) is 18. The smallest absolute Gasteiger partial charge is 0.408 e. The average Bonchev–Trinajstić information content (AvgIpc) is 3.27. The molecule has 1 saturated heterocycles. The van der Waals surface area contributed by atoms with E-state index >= 15 is 0 Å². The first-order chi connectivity index (χ1) is 30.9. The van der Waals surface area contributed by atoms with E-state index in [0.29, 0.717) is 0 Å². The van der Waals surface area contributed by atoms with Crippen LogP contribution in [0.15, 0.2) is 30.3 Å². The van der Waals surface area contributed by atoms with Crippen molar-refractivity contribution in [2.45, 2.75) is 88.3 Å². The second-order valence-corrected chi connectivity index (χ2v) is 15.5. The Bertz CT molecular complexity index is 2470. The van der Waals surface area contributed by atoms with Crippen LogP contribution in [0, 0.1) is 22.5 Å². The van der Waals surface area contributed by atoms with E-state index in [4.69, 9.17) is 34.8 Å². The zero-order valence-corrected chi connectivity index (χ0v) is 35.6. The monoisotopic (exact) mass is 905 g/mol. The number of aliphatic hydroxyl groups is 3. The summed E-state index contributed by atoms with van der Waals surface area (Å²) in [6.07, 6.45) is -4.14. The van der Waals surface area contributed by atoms with Crippen molar-refractivity contribution in [2.75, 3.05) is 34.0 Å². The van der Waals surface area contributed by atoms with Crippen LogP contribution in [-0.2, 0) is 30.2 Å². The van der Waals surface area contributed by atoms with Crippen molar-refractivity contribution in [3.05, 3.63) is 79.4 Å². The Labute approximate surface area is 370 Å². The molecular formula is C44H47N3O18. The van der Waals surface area contributed by atoms with Gasteiger partial charge in [0.05, 0.1) is 78.9 Å². The number of methoxy groups -OCH3 is 2. The van der Waals surface area contributed by atoms with E-state index in [2.05, 4.69) is 16.6 Å². The van der Waals surface area contributed by atoms with E-state index in [1.165, 1.54) is 52.3 Å². The molecule has 1 fully saturated rings. The number of phenols is 2. The molecule has 7 atom stereocenters. The number of rotatable bonds is 16. The van der Waals surface area contributed by atoms with Gasteiger partial charge < -0.3 is 64.6 Å². The van der Waals surface area contributed by atoms with Gasteiger partial charge in [0.15, 0.2) is 29.4 Å². The fourth-order valence-electron chi connectivity index (χ4n) is 8.24. The Balaban J connectivity index is 1.22. The summed E-state index contributed by atoms with van der Waals surface area (Å²) in [5.74, 6) is -2.39. The van der Waals surface area contributed by atoms with Gasteiger partial charge in [0.25, 0.3) is 5.69 Å². The third-order valence-corrected chi connectivity index (χ3v) is 11.5. The van der Waals surface area contributed by atoms with Crippen LogP contribution < -0.4 is 24.8 Å². The summed E-state index contributed by atoms with van der Waals surface area (Å²) in [7, 11) is 2.57. The molecular weight excluding hydrogens is 858 g/mol. The zero-order valence-electron chi connectivity index (χ0n) is 35.6. The lowest BCUT2D eigenvalue weighted by molar-refractivity contribution is -0.386. The molecule has 0 spiro atoms. The van der Waals surface area contributed by atoms with E-state index in [9.17, 15) is 59.6 Å². The van der Waals surface area contributed by atoms with E-state index in [-0.39, 0.29) is 83.4 Å². The number of amides is 2. The summed E-state index contributed by atoms with van der Waals surface area (Å²) < 4.78 is 34.0.